The summed E-state index contributed by atoms with van der Waals surface area (Å²) >= 11 is 5.28. The number of thiocarbonyl (C=S) groups is 1. The highest BCUT2D eigenvalue weighted by Gasteiger charge is 2.14. The van der Waals surface area contributed by atoms with Gasteiger partial charge in [0.15, 0.2) is 5.11 Å². The molecule has 0 unspecified atom stereocenters. The second-order valence-electron chi connectivity index (χ2n) is 8.11. The molecule has 172 valence electrons. The molecule has 1 aromatic heterocycles. The maximum absolute atomic E-state index is 12.5. The molecule has 0 aliphatic rings. The van der Waals surface area contributed by atoms with E-state index in [1.54, 1.807) is 4.80 Å². The summed E-state index contributed by atoms with van der Waals surface area (Å²) < 4.78 is 0. The van der Waals surface area contributed by atoms with Crippen molar-refractivity contribution in [2.24, 2.45) is 0 Å². The smallest absolute Gasteiger partial charge is 0.270 e. The first kappa shape index (κ1) is 23.0. The number of fused-ring (bicyclic) bond motifs is 1. The van der Waals surface area contributed by atoms with Crippen molar-refractivity contribution in [2.75, 3.05) is 5.32 Å². The molecule has 9 nitrogen and oxygen atoms in total. The molecule has 0 bridgehead atoms. The fraction of sp³-hybridized carbons (Fsp3) is 0.167. The Labute approximate surface area is 200 Å². The minimum absolute atomic E-state index is 0.0654. The van der Waals surface area contributed by atoms with Gasteiger partial charge in [-0.15, -0.1) is 10.2 Å². The van der Waals surface area contributed by atoms with Crippen LogP contribution in [-0.4, -0.2) is 30.9 Å². The van der Waals surface area contributed by atoms with Gasteiger partial charge in [0.25, 0.3) is 11.6 Å². The van der Waals surface area contributed by atoms with Gasteiger partial charge in [0.05, 0.1) is 10.6 Å². The summed E-state index contributed by atoms with van der Waals surface area (Å²) in [5.74, 6) is -0.105. The number of hydrogen-bond acceptors (Lipinski definition) is 6. The number of non-ortho nitro benzene ring substituents is 1. The number of nitro groups is 1. The van der Waals surface area contributed by atoms with Gasteiger partial charge in [-0.2, -0.15) is 4.80 Å². The second-order valence-corrected chi connectivity index (χ2v) is 8.52. The van der Waals surface area contributed by atoms with Crippen molar-refractivity contribution >= 4 is 45.6 Å². The zero-order valence-corrected chi connectivity index (χ0v) is 19.6. The van der Waals surface area contributed by atoms with Gasteiger partial charge in [0.1, 0.15) is 11.0 Å². The lowest BCUT2D eigenvalue weighted by Crippen LogP contribution is -2.34. The summed E-state index contributed by atoms with van der Waals surface area (Å²) in [6, 6.07) is 17.2. The Morgan fingerprint density at radius 2 is 1.74 bits per heavy atom. The van der Waals surface area contributed by atoms with Gasteiger partial charge in [-0.05, 0) is 66.5 Å². The molecule has 34 heavy (non-hydrogen) atoms. The Morgan fingerprint density at radius 3 is 2.38 bits per heavy atom. The quantitative estimate of drug-likeness (QED) is 0.240. The monoisotopic (exact) mass is 474 g/mol. The lowest BCUT2D eigenvalue weighted by molar-refractivity contribution is -0.384. The number of carbonyl (C=O) groups excluding carboxylic acids is 1. The van der Waals surface area contributed by atoms with Crippen LogP contribution in [0.5, 0.6) is 0 Å². The molecule has 10 heteroatoms. The van der Waals surface area contributed by atoms with Crippen LogP contribution in [0.15, 0.2) is 60.7 Å². The standard InChI is InChI=1S/C24H22N6O3S/c1-14(2)16-7-9-18(10-8-16)29-27-21-11-15(3)20(13-22(21)28-29)25-24(34)26-23(31)17-5-4-6-19(12-17)30(32)33/h4-14H,1-3H3,(H2,25,26,31,34). The number of rotatable bonds is 5. The van der Waals surface area contributed by atoms with Crippen molar-refractivity contribution in [3.8, 4) is 5.69 Å². The first-order valence-electron chi connectivity index (χ1n) is 10.6. The highest BCUT2D eigenvalue weighted by molar-refractivity contribution is 7.80. The average molecular weight is 475 g/mol. The van der Waals surface area contributed by atoms with Crippen molar-refractivity contribution in [2.45, 2.75) is 26.7 Å². The minimum Gasteiger partial charge on any atom is -0.332 e. The number of nitro benzene ring substituents is 1. The Kier molecular flexibility index (Phi) is 6.33. The van der Waals surface area contributed by atoms with Crippen LogP contribution < -0.4 is 10.6 Å². The molecule has 0 radical (unpaired) electrons. The fourth-order valence-electron chi connectivity index (χ4n) is 3.40. The van der Waals surface area contributed by atoms with Crippen molar-refractivity contribution in [3.63, 3.8) is 0 Å². The third kappa shape index (κ3) is 4.91. The van der Waals surface area contributed by atoms with Gasteiger partial charge in [-0.1, -0.05) is 32.0 Å². The molecular formula is C24H22N6O3S. The van der Waals surface area contributed by atoms with E-state index in [0.29, 0.717) is 17.1 Å². The number of amides is 1. The van der Waals surface area contributed by atoms with Crippen molar-refractivity contribution < 1.29 is 9.72 Å². The van der Waals surface area contributed by atoms with Crippen LogP contribution >= 0.6 is 12.2 Å². The number of nitrogens with one attached hydrogen (secondary N) is 2. The van der Waals surface area contributed by atoms with E-state index < -0.39 is 10.8 Å². The molecule has 0 saturated carbocycles. The van der Waals surface area contributed by atoms with E-state index in [-0.39, 0.29) is 16.4 Å². The number of benzene rings is 3. The average Bonchev–Trinajstić information content (AvgIpc) is 3.22. The topological polar surface area (TPSA) is 115 Å². The molecule has 0 aliphatic heterocycles. The van der Waals surface area contributed by atoms with Crippen LogP contribution in [0.4, 0.5) is 11.4 Å². The van der Waals surface area contributed by atoms with Crippen LogP contribution in [0.2, 0.25) is 0 Å². The van der Waals surface area contributed by atoms with Crippen LogP contribution in [0.3, 0.4) is 0 Å². The molecule has 0 saturated heterocycles. The molecular weight excluding hydrogens is 452 g/mol. The van der Waals surface area contributed by atoms with Crippen molar-refractivity contribution in [3.05, 3.63) is 87.5 Å². The number of aromatic nitrogens is 3. The fourth-order valence-corrected chi connectivity index (χ4v) is 3.60. The Hall–Kier alpha value is -4.18. The highest BCUT2D eigenvalue weighted by Crippen LogP contribution is 2.23. The molecule has 3 aromatic carbocycles. The molecule has 1 amide bonds. The van der Waals surface area contributed by atoms with E-state index in [4.69, 9.17) is 12.2 Å². The molecule has 4 aromatic rings. The number of nitrogens with zero attached hydrogens (tertiary/aromatic N) is 4. The van der Waals surface area contributed by atoms with Crippen LogP contribution in [0.1, 0.15) is 41.3 Å². The summed E-state index contributed by atoms with van der Waals surface area (Å²) in [5, 5.41) is 25.7. The highest BCUT2D eigenvalue weighted by atomic mass is 32.1. The zero-order chi connectivity index (χ0) is 24.4. The molecule has 4 rings (SSSR count). The van der Waals surface area contributed by atoms with Crippen molar-refractivity contribution in [1.29, 1.82) is 0 Å². The van der Waals surface area contributed by atoms with Gasteiger partial charge < -0.3 is 5.32 Å². The lowest BCUT2D eigenvalue weighted by Gasteiger charge is -2.11. The van der Waals surface area contributed by atoms with Gasteiger partial charge in [-0.3, -0.25) is 20.2 Å². The van der Waals surface area contributed by atoms with Crippen LogP contribution in [0.25, 0.3) is 16.7 Å². The molecule has 0 spiro atoms. The second kappa shape index (κ2) is 9.36. The van der Waals surface area contributed by atoms with Crippen LogP contribution in [-0.2, 0) is 0 Å². The third-order valence-corrected chi connectivity index (χ3v) is 5.52. The Morgan fingerprint density at radius 1 is 1.06 bits per heavy atom. The molecule has 2 N–H and O–H groups in total. The Bertz CT molecular complexity index is 1410. The minimum atomic E-state index is -0.558. The molecule has 0 fully saturated rings. The molecule has 0 atom stereocenters. The normalized spacial score (nSPS) is 10.9. The van der Waals surface area contributed by atoms with E-state index in [0.717, 1.165) is 16.8 Å². The maximum Gasteiger partial charge on any atom is 0.270 e. The van der Waals surface area contributed by atoms with E-state index >= 15 is 0 Å². The molecule has 0 aliphatic carbocycles. The summed E-state index contributed by atoms with van der Waals surface area (Å²) in [7, 11) is 0. The largest absolute Gasteiger partial charge is 0.332 e. The van der Waals surface area contributed by atoms with E-state index in [1.807, 2.05) is 31.2 Å². The maximum atomic E-state index is 12.5. The predicted molar refractivity (Wildman–Crippen MR) is 134 cm³/mol. The number of anilines is 1. The van der Waals surface area contributed by atoms with E-state index in [2.05, 4.69) is 46.8 Å². The first-order chi connectivity index (χ1) is 16.2. The number of carbonyl (C=O) groups is 1. The van der Waals surface area contributed by atoms with Gasteiger partial charge in [-0.25, -0.2) is 0 Å². The predicted octanol–water partition coefficient (Wildman–Crippen LogP) is 4.89. The van der Waals surface area contributed by atoms with Gasteiger partial charge in [0, 0.05) is 23.4 Å². The SMILES string of the molecule is Cc1cc2nn(-c3ccc(C(C)C)cc3)nc2cc1NC(=S)NC(=O)c1cccc([N+](=O)[O-])c1. The third-order valence-electron chi connectivity index (χ3n) is 5.31. The van der Waals surface area contributed by atoms with Gasteiger partial charge in [0.2, 0.25) is 0 Å². The number of aryl methyl sites for hydroxylation is 1. The first-order valence-corrected chi connectivity index (χ1v) is 11.0. The summed E-state index contributed by atoms with van der Waals surface area (Å²) in [6.45, 7) is 6.18. The zero-order valence-electron chi connectivity index (χ0n) is 18.8. The summed E-state index contributed by atoms with van der Waals surface area (Å²) in [5.41, 5.74) is 4.97. The Balaban J connectivity index is 1.51. The van der Waals surface area contributed by atoms with E-state index in [9.17, 15) is 14.9 Å². The van der Waals surface area contributed by atoms with Crippen LogP contribution in [0, 0.1) is 17.0 Å². The van der Waals surface area contributed by atoms with Crippen molar-refractivity contribution in [1.82, 2.24) is 20.3 Å². The summed E-state index contributed by atoms with van der Waals surface area (Å²) in [6.07, 6.45) is 0. The van der Waals surface area contributed by atoms with Gasteiger partial charge >= 0.3 is 0 Å². The number of hydrogen-bond donors (Lipinski definition) is 2. The van der Waals surface area contributed by atoms with E-state index in [1.165, 1.54) is 29.8 Å². The molecule has 1 heterocycles. The lowest BCUT2D eigenvalue weighted by atomic mass is 10.0. The summed E-state index contributed by atoms with van der Waals surface area (Å²) in [4.78, 5) is 24.4.